The van der Waals surface area contributed by atoms with Gasteiger partial charge in [0.05, 0.1) is 31.0 Å². The predicted molar refractivity (Wildman–Crippen MR) is 102 cm³/mol. The summed E-state index contributed by atoms with van der Waals surface area (Å²) in [5, 5.41) is 4.64. The van der Waals surface area contributed by atoms with Crippen LogP contribution >= 0.6 is 12.1 Å². The third-order valence-corrected chi connectivity index (χ3v) is 5.81. The van der Waals surface area contributed by atoms with Crippen LogP contribution in [0.4, 0.5) is 0 Å². The molecular weight excluding hydrogens is 348 g/mol. The maximum absolute atomic E-state index is 12.3. The average Bonchev–Trinajstić information content (AvgIpc) is 3.30. The highest BCUT2D eigenvalue weighted by Gasteiger charge is 2.35. The molecule has 7 heteroatoms. The van der Waals surface area contributed by atoms with Crippen molar-refractivity contribution in [3.05, 3.63) is 71.3 Å². The topological polar surface area (TPSA) is 69.4 Å². The van der Waals surface area contributed by atoms with Crippen LogP contribution in [0.3, 0.4) is 0 Å². The van der Waals surface area contributed by atoms with Crippen LogP contribution in [0, 0.1) is 0 Å². The van der Waals surface area contributed by atoms with Gasteiger partial charge in [-0.3, -0.25) is 14.4 Å². The number of H-pyrrole nitrogens is 1. The van der Waals surface area contributed by atoms with Crippen molar-refractivity contribution in [2.45, 2.75) is 18.5 Å². The summed E-state index contributed by atoms with van der Waals surface area (Å²) < 4.78 is 10.2. The summed E-state index contributed by atoms with van der Waals surface area (Å²) in [6, 6.07) is 7.77. The van der Waals surface area contributed by atoms with Crippen molar-refractivity contribution in [3.8, 4) is 0 Å². The van der Waals surface area contributed by atoms with Gasteiger partial charge in [-0.1, -0.05) is 18.2 Å². The van der Waals surface area contributed by atoms with E-state index in [1.54, 1.807) is 0 Å². The van der Waals surface area contributed by atoms with Crippen LogP contribution in [0.5, 0.6) is 0 Å². The second-order valence-corrected chi connectivity index (χ2v) is 7.32. The van der Waals surface area contributed by atoms with Gasteiger partial charge in [-0.25, -0.2) is 0 Å². The lowest BCUT2D eigenvalue weighted by atomic mass is 9.89. The number of nitrogens with zero attached hydrogens (tertiary/aromatic N) is 1. The van der Waals surface area contributed by atoms with Crippen molar-refractivity contribution in [2.24, 2.45) is 0 Å². The maximum atomic E-state index is 12.3. The Labute approximate surface area is 155 Å². The zero-order valence-corrected chi connectivity index (χ0v) is 15.0. The van der Waals surface area contributed by atoms with Crippen molar-refractivity contribution in [1.29, 1.82) is 0 Å². The molecule has 0 fully saturated rings. The minimum atomic E-state index is -0.367. The van der Waals surface area contributed by atoms with Crippen LogP contribution in [0.2, 0.25) is 0 Å². The third-order valence-electron chi connectivity index (χ3n) is 5.06. The van der Waals surface area contributed by atoms with Crippen LogP contribution in [-0.4, -0.2) is 28.4 Å². The summed E-state index contributed by atoms with van der Waals surface area (Å²) in [6.07, 6.45) is 8.85. The molecule has 6 nitrogen and oxygen atoms in total. The zero-order valence-electron chi connectivity index (χ0n) is 14.2. The molecule has 0 bridgehead atoms. The van der Waals surface area contributed by atoms with Crippen molar-refractivity contribution >= 4 is 29.0 Å². The molecule has 26 heavy (non-hydrogen) atoms. The smallest absolute Gasteiger partial charge is 0.323 e. The first-order valence-electron chi connectivity index (χ1n) is 8.49. The molecule has 1 aromatic heterocycles. The SMILES string of the molecule is COC(=O)[C@H]1Cc2c([nH]c3ccccc23)[C@@H](C2=CC3=CNSN3C=C2)N1. The summed E-state index contributed by atoms with van der Waals surface area (Å²) in [4.78, 5) is 15.8. The molecule has 0 unspecified atom stereocenters. The summed E-state index contributed by atoms with van der Waals surface area (Å²) in [7, 11) is 1.44. The van der Waals surface area contributed by atoms with Crippen molar-refractivity contribution < 1.29 is 9.53 Å². The maximum Gasteiger partial charge on any atom is 0.323 e. The molecule has 1 aromatic carbocycles. The van der Waals surface area contributed by atoms with Crippen molar-refractivity contribution in [1.82, 2.24) is 19.3 Å². The molecular formula is C19H18N4O2S. The van der Waals surface area contributed by atoms with E-state index < -0.39 is 0 Å². The molecule has 3 aliphatic heterocycles. The molecule has 0 saturated carbocycles. The summed E-state index contributed by atoms with van der Waals surface area (Å²) in [5.74, 6) is -0.231. The average molecular weight is 366 g/mol. The Bertz CT molecular complexity index is 991. The normalized spacial score (nSPS) is 23.8. The highest BCUT2D eigenvalue weighted by molar-refractivity contribution is 7.95. The number of allylic oxidation sites excluding steroid dienone is 1. The number of carbonyl (C=O) groups excluding carboxylic acids is 1. The monoisotopic (exact) mass is 366 g/mol. The summed E-state index contributed by atoms with van der Waals surface area (Å²) in [6.45, 7) is 0. The van der Waals surface area contributed by atoms with E-state index in [1.807, 2.05) is 24.5 Å². The Hall–Kier alpha value is -2.64. The largest absolute Gasteiger partial charge is 0.468 e. The minimum Gasteiger partial charge on any atom is -0.468 e. The van der Waals surface area contributed by atoms with Gasteiger partial charge in [-0.2, -0.15) is 0 Å². The van der Waals surface area contributed by atoms with E-state index >= 15 is 0 Å². The summed E-state index contributed by atoms with van der Waals surface area (Å²) >= 11 is 1.53. The van der Waals surface area contributed by atoms with E-state index in [2.05, 4.69) is 43.6 Å². The van der Waals surface area contributed by atoms with E-state index in [1.165, 1.54) is 30.2 Å². The first kappa shape index (κ1) is 15.6. The number of para-hydroxylation sites is 1. The number of hydrogen-bond donors (Lipinski definition) is 3. The first-order chi connectivity index (χ1) is 12.7. The Morgan fingerprint density at radius 1 is 1.35 bits per heavy atom. The van der Waals surface area contributed by atoms with Crippen LogP contribution < -0.4 is 10.0 Å². The van der Waals surface area contributed by atoms with Crippen LogP contribution in [0.25, 0.3) is 10.9 Å². The lowest BCUT2D eigenvalue weighted by molar-refractivity contribution is -0.143. The fourth-order valence-electron chi connectivity index (χ4n) is 3.83. The van der Waals surface area contributed by atoms with E-state index in [9.17, 15) is 4.79 Å². The third kappa shape index (κ3) is 2.35. The molecule has 2 aromatic rings. The molecule has 3 aliphatic rings. The molecule has 0 amide bonds. The zero-order chi connectivity index (χ0) is 17.7. The molecule has 2 atom stereocenters. The number of fused-ring (bicyclic) bond motifs is 4. The van der Waals surface area contributed by atoms with Gasteiger partial charge < -0.3 is 14.4 Å². The Morgan fingerprint density at radius 3 is 3.12 bits per heavy atom. The molecule has 0 aliphatic carbocycles. The molecule has 0 spiro atoms. The second kappa shape index (κ2) is 5.96. The molecule has 0 saturated heterocycles. The molecule has 3 N–H and O–H groups in total. The quantitative estimate of drug-likeness (QED) is 0.561. The Kier molecular flexibility index (Phi) is 3.58. The van der Waals surface area contributed by atoms with E-state index in [-0.39, 0.29) is 18.1 Å². The van der Waals surface area contributed by atoms with Gasteiger partial charge in [0.25, 0.3) is 0 Å². The first-order valence-corrected chi connectivity index (χ1v) is 9.27. The van der Waals surface area contributed by atoms with Gasteiger partial charge in [-0.05, 0) is 29.4 Å². The highest BCUT2D eigenvalue weighted by Crippen LogP contribution is 2.38. The number of esters is 1. The number of nitrogens with one attached hydrogen (secondary N) is 3. The van der Waals surface area contributed by atoms with Gasteiger partial charge in [0.2, 0.25) is 0 Å². The summed E-state index contributed by atoms with van der Waals surface area (Å²) in [5.41, 5.74) is 5.60. The van der Waals surface area contributed by atoms with Gasteiger partial charge in [-0.15, -0.1) is 0 Å². The van der Waals surface area contributed by atoms with Crippen LogP contribution in [-0.2, 0) is 16.0 Å². The standard InChI is InChI=1S/C19H18N4O2S/c1-25-19(24)16-9-14-13-4-2-3-5-15(13)21-18(14)17(22-16)11-6-7-23-12(8-11)10-20-26-23/h2-8,10,16-17,20-22H,9H2,1H3/t16-,17-/m1/s1. The van der Waals surface area contributed by atoms with Gasteiger partial charge in [0, 0.05) is 35.4 Å². The van der Waals surface area contributed by atoms with Crippen LogP contribution in [0.1, 0.15) is 17.3 Å². The van der Waals surface area contributed by atoms with Gasteiger partial charge in [0.1, 0.15) is 6.04 Å². The number of methoxy groups -OCH3 is 1. The van der Waals surface area contributed by atoms with E-state index in [4.69, 9.17) is 4.74 Å². The predicted octanol–water partition coefficient (Wildman–Crippen LogP) is 2.66. The number of carbonyl (C=O) groups is 1. The lowest BCUT2D eigenvalue weighted by Gasteiger charge is -2.32. The molecule has 4 heterocycles. The number of rotatable bonds is 2. The minimum absolute atomic E-state index is 0.0971. The Balaban J connectivity index is 1.63. The fraction of sp³-hybridized carbons (Fsp3) is 0.211. The molecule has 0 radical (unpaired) electrons. The number of hydrogen-bond acceptors (Lipinski definition) is 6. The van der Waals surface area contributed by atoms with E-state index in [0.717, 1.165) is 22.5 Å². The fourth-order valence-corrected chi connectivity index (χ4v) is 4.44. The second-order valence-electron chi connectivity index (χ2n) is 6.51. The molecule has 132 valence electrons. The lowest BCUT2D eigenvalue weighted by Crippen LogP contribution is -2.45. The van der Waals surface area contributed by atoms with Crippen LogP contribution in [0.15, 0.2) is 60.1 Å². The number of ether oxygens (including phenoxy) is 1. The number of aromatic amines is 1. The highest BCUT2D eigenvalue weighted by atomic mass is 32.2. The Morgan fingerprint density at radius 2 is 2.23 bits per heavy atom. The van der Waals surface area contributed by atoms with E-state index in [0.29, 0.717) is 6.42 Å². The molecule has 5 rings (SSSR count). The van der Waals surface area contributed by atoms with Gasteiger partial charge in [0.15, 0.2) is 0 Å². The number of aromatic nitrogens is 1. The number of benzene rings is 1. The van der Waals surface area contributed by atoms with Crippen molar-refractivity contribution in [2.75, 3.05) is 7.11 Å². The van der Waals surface area contributed by atoms with Gasteiger partial charge >= 0.3 is 5.97 Å². The van der Waals surface area contributed by atoms with Crippen molar-refractivity contribution in [3.63, 3.8) is 0 Å².